The van der Waals surface area contributed by atoms with Gasteiger partial charge in [-0.1, -0.05) is 0 Å². The van der Waals surface area contributed by atoms with E-state index in [2.05, 4.69) is 10.3 Å². The maximum atomic E-state index is 12.6. The normalized spacial score (nSPS) is 10.7. The molecule has 2 aromatic heterocycles. The number of nitrogens with one attached hydrogen (secondary N) is 1. The standard InChI is InChI=1S/C20H21N3O5S/c1-4-27-15-7-5-14(6-8-15)22-16(24)10-28-17(25)9-23-11-21-19-18(20(23)26)12(2)13(3)29-19/h5-8,11H,4,9-10H2,1-3H3,(H,22,24). The molecule has 0 saturated carbocycles. The number of carbonyl (C=O) groups excluding carboxylic acids is 2. The van der Waals surface area contributed by atoms with E-state index < -0.39 is 18.5 Å². The smallest absolute Gasteiger partial charge is 0.326 e. The van der Waals surface area contributed by atoms with E-state index in [0.717, 1.165) is 10.4 Å². The predicted molar refractivity (Wildman–Crippen MR) is 111 cm³/mol. The SMILES string of the molecule is CCOc1ccc(NC(=O)COC(=O)Cn2cnc3sc(C)c(C)c3c2=O)cc1. The van der Waals surface area contributed by atoms with Crippen molar-refractivity contribution < 1.29 is 19.1 Å². The van der Waals surface area contributed by atoms with Gasteiger partial charge in [0.25, 0.3) is 11.5 Å². The van der Waals surface area contributed by atoms with E-state index >= 15 is 0 Å². The van der Waals surface area contributed by atoms with Crippen molar-refractivity contribution in [1.82, 2.24) is 9.55 Å². The van der Waals surface area contributed by atoms with Gasteiger partial charge in [-0.2, -0.15) is 0 Å². The molecule has 1 amide bonds. The number of fused-ring (bicyclic) bond motifs is 1. The topological polar surface area (TPSA) is 99.5 Å². The van der Waals surface area contributed by atoms with E-state index in [0.29, 0.717) is 28.3 Å². The van der Waals surface area contributed by atoms with Gasteiger partial charge in [0.15, 0.2) is 6.61 Å². The molecule has 0 atom stereocenters. The highest BCUT2D eigenvalue weighted by molar-refractivity contribution is 7.18. The lowest BCUT2D eigenvalue weighted by Gasteiger charge is -2.09. The Morgan fingerprint density at radius 2 is 1.93 bits per heavy atom. The van der Waals surface area contributed by atoms with E-state index in [1.165, 1.54) is 22.2 Å². The molecule has 0 bridgehead atoms. The van der Waals surface area contributed by atoms with E-state index in [4.69, 9.17) is 9.47 Å². The summed E-state index contributed by atoms with van der Waals surface area (Å²) in [5.41, 5.74) is 1.12. The molecular weight excluding hydrogens is 394 g/mol. The van der Waals surface area contributed by atoms with Gasteiger partial charge in [-0.15, -0.1) is 11.3 Å². The van der Waals surface area contributed by atoms with Crippen LogP contribution in [0.4, 0.5) is 5.69 Å². The maximum Gasteiger partial charge on any atom is 0.326 e. The van der Waals surface area contributed by atoms with E-state index in [1.807, 2.05) is 20.8 Å². The summed E-state index contributed by atoms with van der Waals surface area (Å²) in [4.78, 5) is 42.5. The summed E-state index contributed by atoms with van der Waals surface area (Å²) < 4.78 is 11.5. The molecule has 9 heteroatoms. The molecule has 0 spiro atoms. The minimum atomic E-state index is -0.695. The van der Waals surface area contributed by atoms with Gasteiger partial charge < -0.3 is 14.8 Å². The second kappa shape index (κ2) is 8.87. The zero-order chi connectivity index (χ0) is 21.0. The number of thiophene rings is 1. The number of ether oxygens (including phenoxy) is 2. The minimum absolute atomic E-state index is 0.298. The Hall–Kier alpha value is -3.20. The molecule has 0 unspecified atom stereocenters. The average molecular weight is 415 g/mol. The Morgan fingerprint density at radius 1 is 1.21 bits per heavy atom. The van der Waals surface area contributed by atoms with Gasteiger partial charge in [0, 0.05) is 10.6 Å². The number of amides is 1. The molecule has 8 nitrogen and oxygen atoms in total. The summed E-state index contributed by atoms with van der Waals surface area (Å²) in [6, 6.07) is 6.84. The first-order valence-electron chi connectivity index (χ1n) is 9.02. The molecule has 152 valence electrons. The van der Waals surface area contributed by atoms with Crippen molar-refractivity contribution in [2.24, 2.45) is 0 Å². The Balaban J connectivity index is 1.56. The molecule has 2 heterocycles. The number of rotatable bonds is 7. The minimum Gasteiger partial charge on any atom is -0.494 e. The molecule has 0 fully saturated rings. The summed E-state index contributed by atoms with van der Waals surface area (Å²) in [5, 5.41) is 3.14. The van der Waals surface area contributed by atoms with E-state index in [1.54, 1.807) is 24.3 Å². The highest BCUT2D eigenvalue weighted by atomic mass is 32.1. The Kier molecular flexibility index (Phi) is 6.28. The number of anilines is 1. The fourth-order valence-corrected chi connectivity index (χ4v) is 3.70. The third kappa shape index (κ3) is 4.80. The van der Waals surface area contributed by atoms with Crippen molar-refractivity contribution in [1.29, 1.82) is 0 Å². The molecule has 3 rings (SSSR count). The number of aryl methyl sites for hydroxylation is 2. The number of benzene rings is 1. The van der Waals surface area contributed by atoms with Gasteiger partial charge in [-0.05, 0) is 50.6 Å². The third-order valence-electron chi connectivity index (χ3n) is 4.27. The van der Waals surface area contributed by atoms with Crippen LogP contribution in [-0.2, 0) is 20.9 Å². The largest absolute Gasteiger partial charge is 0.494 e. The van der Waals surface area contributed by atoms with Crippen molar-refractivity contribution in [2.45, 2.75) is 27.3 Å². The van der Waals surface area contributed by atoms with Gasteiger partial charge in [-0.25, -0.2) is 4.98 Å². The van der Waals surface area contributed by atoms with Crippen molar-refractivity contribution in [2.75, 3.05) is 18.5 Å². The van der Waals surface area contributed by atoms with Crippen LogP contribution in [0.5, 0.6) is 5.75 Å². The quantitative estimate of drug-likeness (QED) is 0.596. The van der Waals surface area contributed by atoms with Crippen molar-refractivity contribution in [3.05, 3.63) is 51.4 Å². The van der Waals surface area contributed by atoms with Gasteiger partial charge in [0.2, 0.25) is 0 Å². The number of esters is 1. The van der Waals surface area contributed by atoms with Gasteiger partial charge in [0.1, 0.15) is 17.1 Å². The van der Waals surface area contributed by atoms with Crippen LogP contribution in [0.25, 0.3) is 10.2 Å². The second-order valence-electron chi connectivity index (χ2n) is 6.31. The summed E-state index contributed by atoms with van der Waals surface area (Å²) in [6.07, 6.45) is 1.32. The lowest BCUT2D eigenvalue weighted by atomic mass is 10.2. The van der Waals surface area contributed by atoms with Crippen LogP contribution in [-0.4, -0.2) is 34.6 Å². The third-order valence-corrected chi connectivity index (χ3v) is 5.38. The first-order valence-corrected chi connectivity index (χ1v) is 9.84. The monoisotopic (exact) mass is 415 g/mol. The molecule has 0 radical (unpaired) electrons. The molecule has 29 heavy (non-hydrogen) atoms. The van der Waals surface area contributed by atoms with E-state index in [-0.39, 0.29) is 12.1 Å². The molecule has 0 saturated heterocycles. The molecular formula is C20H21N3O5S. The van der Waals surface area contributed by atoms with Crippen LogP contribution in [0.15, 0.2) is 35.4 Å². The second-order valence-corrected chi connectivity index (χ2v) is 7.51. The molecule has 1 N–H and O–H groups in total. The van der Waals surface area contributed by atoms with Crippen LogP contribution < -0.4 is 15.6 Å². The van der Waals surface area contributed by atoms with Gasteiger partial charge in [-0.3, -0.25) is 19.0 Å². The summed E-state index contributed by atoms with van der Waals surface area (Å²) in [6.45, 7) is 5.45. The highest BCUT2D eigenvalue weighted by Gasteiger charge is 2.15. The van der Waals surface area contributed by atoms with Crippen molar-refractivity contribution in [3.63, 3.8) is 0 Å². The maximum absolute atomic E-state index is 12.6. The average Bonchev–Trinajstić information content (AvgIpc) is 2.99. The lowest BCUT2D eigenvalue weighted by Crippen LogP contribution is -2.28. The molecule has 0 aliphatic rings. The molecule has 0 aliphatic carbocycles. The lowest BCUT2D eigenvalue weighted by molar-refractivity contribution is -0.147. The fourth-order valence-electron chi connectivity index (χ4n) is 2.71. The Morgan fingerprint density at radius 3 is 2.62 bits per heavy atom. The first kappa shape index (κ1) is 20.5. The highest BCUT2D eigenvalue weighted by Crippen LogP contribution is 2.25. The van der Waals surface area contributed by atoms with Crippen molar-refractivity contribution in [3.8, 4) is 5.75 Å². The van der Waals surface area contributed by atoms with Crippen LogP contribution in [0.1, 0.15) is 17.4 Å². The van der Waals surface area contributed by atoms with Crippen LogP contribution in [0.3, 0.4) is 0 Å². The Bertz CT molecular complexity index is 1100. The molecule has 1 aromatic carbocycles. The molecule has 3 aromatic rings. The van der Waals surface area contributed by atoms with Crippen LogP contribution >= 0.6 is 11.3 Å². The molecule has 0 aliphatic heterocycles. The number of carbonyl (C=O) groups is 2. The summed E-state index contributed by atoms with van der Waals surface area (Å²) >= 11 is 1.44. The number of nitrogens with zero attached hydrogens (tertiary/aromatic N) is 2. The van der Waals surface area contributed by atoms with Gasteiger partial charge >= 0.3 is 5.97 Å². The number of hydrogen-bond acceptors (Lipinski definition) is 7. The van der Waals surface area contributed by atoms with Crippen LogP contribution in [0.2, 0.25) is 0 Å². The van der Waals surface area contributed by atoms with Crippen molar-refractivity contribution >= 4 is 39.1 Å². The number of aromatic nitrogens is 2. The first-order chi connectivity index (χ1) is 13.9. The predicted octanol–water partition coefficient (Wildman–Crippen LogP) is 2.66. The van der Waals surface area contributed by atoms with Gasteiger partial charge in [0.05, 0.1) is 18.3 Å². The Labute approximate surface area is 171 Å². The fraction of sp³-hybridized carbons (Fsp3) is 0.300. The zero-order valence-corrected chi connectivity index (χ0v) is 17.2. The number of hydrogen-bond donors (Lipinski definition) is 1. The van der Waals surface area contributed by atoms with Crippen LogP contribution in [0, 0.1) is 13.8 Å². The van der Waals surface area contributed by atoms with E-state index in [9.17, 15) is 14.4 Å². The summed E-state index contributed by atoms with van der Waals surface area (Å²) in [7, 11) is 0. The zero-order valence-electron chi connectivity index (χ0n) is 16.4. The summed E-state index contributed by atoms with van der Waals surface area (Å²) in [5.74, 6) is -0.476.